The Hall–Kier alpha value is -2.63. The van der Waals surface area contributed by atoms with Gasteiger partial charge in [0.2, 0.25) is 5.82 Å². The van der Waals surface area contributed by atoms with E-state index in [0.29, 0.717) is 23.1 Å². The second kappa shape index (κ2) is 3.75. The number of aromatic amines is 1. The molecule has 0 unspecified atom stereocenters. The first-order chi connectivity index (χ1) is 8.33. The fourth-order valence-electron chi connectivity index (χ4n) is 1.50. The number of aromatic nitrogens is 4. The Bertz CT molecular complexity index is 629. The number of hydrogen-bond donors (Lipinski definition) is 2. The first kappa shape index (κ1) is 9.59. The van der Waals surface area contributed by atoms with Gasteiger partial charge in [0.25, 0.3) is 5.89 Å². The number of H-pyrrole nitrogens is 1. The minimum absolute atomic E-state index is 0.403. The van der Waals surface area contributed by atoms with Gasteiger partial charge in [0.05, 0.1) is 0 Å². The van der Waals surface area contributed by atoms with Crippen LogP contribution in [-0.4, -0.2) is 20.3 Å². The summed E-state index contributed by atoms with van der Waals surface area (Å²) >= 11 is 0. The lowest BCUT2D eigenvalue weighted by Crippen LogP contribution is -1.86. The third-order valence-corrected chi connectivity index (χ3v) is 2.30. The SMILES string of the molecule is Nc1cccc(-c2noc(-c3ccn[nH]3)n2)c1. The highest BCUT2D eigenvalue weighted by molar-refractivity contribution is 5.62. The van der Waals surface area contributed by atoms with Crippen LogP contribution in [0, 0.1) is 0 Å². The molecule has 3 aromatic rings. The van der Waals surface area contributed by atoms with Crippen LogP contribution in [0.25, 0.3) is 23.0 Å². The molecule has 0 amide bonds. The quantitative estimate of drug-likeness (QED) is 0.650. The van der Waals surface area contributed by atoms with Crippen molar-refractivity contribution in [3.63, 3.8) is 0 Å². The average Bonchev–Trinajstić information content (AvgIpc) is 3.00. The Morgan fingerprint density at radius 2 is 2.18 bits per heavy atom. The Kier molecular flexibility index (Phi) is 2.11. The first-order valence-electron chi connectivity index (χ1n) is 5.02. The van der Waals surface area contributed by atoms with Crippen LogP contribution >= 0.6 is 0 Å². The molecule has 0 saturated carbocycles. The summed E-state index contributed by atoms with van der Waals surface area (Å²) in [6.45, 7) is 0. The van der Waals surface area contributed by atoms with Crippen molar-refractivity contribution in [2.45, 2.75) is 0 Å². The highest BCUT2D eigenvalue weighted by Gasteiger charge is 2.11. The third kappa shape index (κ3) is 1.76. The normalized spacial score (nSPS) is 10.6. The van der Waals surface area contributed by atoms with Gasteiger partial charge in [-0.3, -0.25) is 5.10 Å². The Morgan fingerprint density at radius 3 is 2.94 bits per heavy atom. The highest BCUT2D eigenvalue weighted by atomic mass is 16.5. The van der Waals surface area contributed by atoms with Crippen molar-refractivity contribution in [2.24, 2.45) is 0 Å². The van der Waals surface area contributed by atoms with E-state index in [0.717, 1.165) is 5.56 Å². The summed E-state index contributed by atoms with van der Waals surface area (Å²) in [6, 6.07) is 9.08. The van der Waals surface area contributed by atoms with Crippen molar-refractivity contribution >= 4 is 5.69 Å². The monoisotopic (exact) mass is 227 g/mol. The molecular formula is C11H9N5O. The minimum Gasteiger partial charge on any atom is -0.399 e. The summed E-state index contributed by atoms with van der Waals surface area (Å²) in [7, 11) is 0. The fourth-order valence-corrected chi connectivity index (χ4v) is 1.50. The molecule has 0 radical (unpaired) electrons. The van der Waals surface area contributed by atoms with Crippen molar-refractivity contribution in [3.8, 4) is 23.0 Å². The molecule has 17 heavy (non-hydrogen) atoms. The van der Waals surface area contributed by atoms with Crippen molar-refractivity contribution in [1.29, 1.82) is 0 Å². The van der Waals surface area contributed by atoms with E-state index in [1.807, 2.05) is 12.1 Å². The van der Waals surface area contributed by atoms with Crippen LogP contribution in [0.3, 0.4) is 0 Å². The lowest BCUT2D eigenvalue weighted by molar-refractivity contribution is 0.431. The number of benzene rings is 1. The van der Waals surface area contributed by atoms with Crippen LogP contribution in [0.4, 0.5) is 5.69 Å². The Balaban J connectivity index is 2.01. The molecule has 2 heterocycles. The smallest absolute Gasteiger partial charge is 0.276 e. The molecule has 1 aromatic carbocycles. The maximum atomic E-state index is 5.69. The summed E-state index contributed by atoms with van der Waals surface area (Å²) in [4.78, 5) is 4.26. The van der Waals surface area contributed by atoms with Gasteiger partial charge in [-0.1, -0.05) is 17.3 Å². The molecule has 0 atom stereocenters. The Morgan fingerprint density at radius 1 is 1.24 bits per heavy atom. The Labute approximate surface area is 96.5 Å². The van der Waals surface area contributed by atoms with Gasteiger partial charge >= 0.3 is 0 Å². The second-order valence-corrected chi connectivity index (χ2v) is 3.52. The van der Waals surface area contributed by atoms with Crippen LogP contribution < -0.4 is 5.73 Å². The zero-order valence-electron chi connectivity index (χ0n) is 8.79. The van der Waals surface area contributed by atoms with Crippen LogP contribution in [0.15, 0.2) is 41.1 Å². The lowest BCUT2D eigenvalue weighted by Gasteiger charge is -1.95. The van der Waals surface area contributed by atoms with Crippen LogP contribution in [0.1, 0.15) is 0 Å². The van der Waals surface area contributed by atoms with E-state index in [-0.39, 0.29) is 0 Å². The van der Waals surface area contributed by atoms with Crippen LogP contribution in [0.2, 0.25) is 0 Å². The maximum absolute atomic E-state index is 5.69. The molecule has 84 valence electrons. The summed E-state index contributed by atoms with van der Waals surface area (Å²) in [6.07, 6.45) is 1.62. The van der Waals surface area contributed by atoms with Crippen molar-refractivity contribution < 1.29 is 4.52 Å². The number of rotatable bonds is 2. The highest BCUT2D eigenvalue weighted by Crippen LogP contribution is 2.21. The number of nitrogens with zero attached hydrogens (tertiary/aromatic N) is 3. The third-order valence-electron chi connectivity index (χ3n) is 2.30. The van der Waals surface area contributed by atoms with E-state index in [2.05, 4.69) is 20.3 Å². The largest absolute Gasteiger partial charge is 0.399 e. The van der Waals surface area contributed by atoms with Crippen LogP contribution in [-0.2, 0) is 0 Å². The summed E-state index contributed by atoms with van der Waals surface area (Å²) in [5, 5.41) is 10.5. The van der Waals surface area contributed by atoms with Gasteiger partial charge in [-0.2, -0.15) is 10.1 Å². The molecule has 0 spiro atoms. The fraction of sp³-hybridized carbons (Fsp3) is 0. The number of hydrogen-bond acceptors (Lipinski definition) is 5. The molecule has 0 bridgehead atoms. The molecule has 0 aliphatic rings. The molecule has 0 aliphatic heterocycles. The van der Waals surface area contributed by atoms with Crippen molar-refractivity contribution in [1.82, 2.24) is 20.3 Å². The summed E-state index contributed by atoms with van der Waals surface area (Å²) < 4.78 is 5.13. The van der Waals surface area contributed by atoms with Gasteiger partial charge in [0.1, 0.15) is 5.69 Å². The predicted octanol–water partition coefficient (Wildman–Crippen LogP) is 1.71. The van der Waals surface area contributed by atoms with E-state index in [1.165, 1.54) is 0 Å². The molecule has 3 rings (SSSR count). The maximum Gasteiger partial charge on any atom is 0.276 e. The first-order valence-corrected chi connectivity index (χ1v) is 5.02. The predicted molar refractivity (Wildman–Crippen MR) is 61.7 cm³/mol. The second-order valence-electron chi connectivity index (χ2n) is 3.52. The van der Waals surface area contributed by atoms with Crippen molar-refractivity contribution in [2.75, 3.05) is 5.73 Å². The minimum atomic E-state index is 0.403. The summed E-state index contributed by atoms with van der Waals surface area (Å²) in [5.74, 6) is 0.904. The molecule has 3 N–H and O–H groups in total. The zero-order valence-corrected chi connectivity index (χ0v) is 8.79. The van der Waals surface area contributed by atoms with E-state index in [1.54, 1.807) is 24.4 Å². The molecular weight excluding hydrogens is 218 g/mol. The standard InChI is InChI=1S/C11H9N5O/c12-8-3-1-2-7(6-8)10-14-11(17-16-10)9-4-5-13-15-9/h1-6H,12H2,(H,13,15). The number of anilines is 1. The molecule has 0 aliphatic carbocycles. The molecule has 0 fully saturated rings. The lowest BCUT2D eigenvalue weighted by atomic mass is 10.2. The van der Waals surface area contributed by atoms with Gasteiger partial charge in [-0.05, 0) is 18.2 Å². The topological polar surface area (TPSA) is 93.6 Å². The molecule has 0 saturated heterocycles. The van der Waals surface area contributed by atoms with Gasteiger partial charge < -0.3 is 10.3 Å². The van der Waals surface area contributed by atoms with E-state index in [9.17, 15) is 0 Å². The van der Waals surface area contributed by atoms with Crippen molar-refractivity contribution in [3.05, 3.63) is 36.5 Å². The van der Waals surface area contributed by atoms with E-state index in [4.69, 9.17) is 10.3 Å². The van der Waals surface area contributed by atoms with E-state index < -0.39 is 0 Å². The molecule has 2 aromatic heterocycles. The molecule has 6 nitrogen and oxygen atoms in total. The molecule has 6 heteroatoms. The summed E-state index contributed by atoms with van der Waals surface area (Å²) in [5.41, 5.74) is 7.86. The zero-order chi connectivity index (χ0) is 11.7. The van der Waals surface area contributed by atoms with Gasteiger partial charge in [-0.15, -0.1) is 0 Å². The van der Waals surface area contributed by atoms with Crippen LogP contribution in [0.5, 0.6) is 0 Å². The number of nitrogens with one attached hydrogen (secondary N) is 1. The number of nitrogen functional groups attached to an aromatic ring is 1. The number of nitrogens with two attached hydrogens (primary N) is 1. The average molecular weight is 227 g/mol. The van der Waals surface area contributed by atoms with E-state index >= 15 is 0 Å². The van der Waals surface area contributed by atoms with Gasteiger partial charge in [-0.25, -0.2) is 0 Å². The van der Waals surface area contributed by atoms with Gasteiger partial charge in [0, 0.05) is 17.4 Å². The van der Waals surface area contributed by atoms with Gasteiger partial charge in [0.15, 0.2) is 0 Å².